The third-order valence-corrected chi connectivity index (χ3v) is 4.78. The van der Waals surface area contributed by atoms with Crippen molar-refractivity contribution in [3.05, 3.63) is 0 Å². The first-order valence-electron chi connectivity index (χ1n) is 7.10. The third-order valence-electron chi connectivity index (χ3n) is 4.78. The van der Waals surface area contributed by atoms with Crippen molar-refractivity contribution in [3.8, 4) is 0 Å². The number of piperidine rings is 1. The summed E-state index contributed by atoms with van der Waals surface area (Å²) in [5.41, 5.74) is 0. The first-order chi connectivity index (χ1) is 7.68. The molecular formula is C14H27NO. The Kier molecular flexibility index (Phi) is 4.26. The van der Waals surface area contributed by atoms with Crippen LogP contribution in [0.15, 0.2) is 0 Å². The number of likely N-dealkylation sites (tertiary alicyclic amines) is 1. The lowest BCUT2D eigenvalue weighted by Crippen LogP contribution is -2.49. The lowest BCUT2D eigenvalue weighted by molar-refractivity contribution is 0.0112. The van der Waals surface area contributed by atoms with Crippen LogP contribution < -0.4 is 0 Å². The average Bonchev–Trinajstić information content (AvgIpc) is 2.47. The number of nitrogens with zero attached hydrogens (tertiary/aromatic N) is 1. The fourth-order valence-electron chi connectivity index (χ4n) is 3.29. The van der Waals surface area contributed by atoms with Crippen LogP contribution >= 0.6 is 0 Å². The third kappa shape index (κ3) is 2.78. The number of aliphatic hydroxyl groups excluding tert-OH is 1. The van der Waals surface area contributed by atoms with Crippen molar-refractivity contribution in [2.24, 2.45) is 11.8 Å². The monoisotopic (exact) mass is 225 g/mol. The molecule has 94 valence electrons. The molecule has 1 N–H and O–H groups in total. The van der Waals surface area contributed by atoms with Crippen LogP contribution in [0.3, 0.4) is 0 Å². The molecule has 0 bridgehead atoms. The second-order valence-electron chi connectivity index (χ2n) is 6.01. The van der Waals surface area contributed by atoms with Crippen LogP contribution in [0.4, 0.5) is 0 Å². The van der Waals surface area contributed by atoms with E-state index in [0.29, 0.717) is 6.04 Å². The van der Waals surface area contributed by atoms with Gasteiger partial charge in [-0.15, -0.1) is 0 Å². The molecule has 2 rings (SSSR count). The predicted molar refractivity (Wildman–Crippen MR) is 67.4 cm³/mol. The molecule has 2 nitrogen and oxygen atoms in total. The molecule has 1 saturated carbocycles. The Balaban J connectivity index is 1.94. The molecular weight excluding hydrogens is 198 g/mol. The first kappa shape index (κ1) is 12.4. The molecule has 1 saturated heterocycles. The highest BCUT2D eigenvalue weighted by atomic mass is 16.3. The molecule has 1 aliphatic carbocycles. The van der Waals surface area contributed by atoms with Crippen molar-refractivity contribution in [1.82, 2.24) is 4.90 Å². The highest BCUT2D eigenvalue weighted by molar-refractivity contribution is 4.86. The summed E-state index contributed by atoms with van der Waals surface area (Å²) < 4.78 is 0. The Bertz CT molecular complexity index is 219. The minimum Gasteiger partial charge on any atom is -0.391 e. The van der Waals surface area contributed by atoms with Gasteiger partial charge in [0.2, 0.25) is 0 Å². The summed E-state index contributed by atoms with van der Waals surface area (Å²) in [6, 6.07) is 0.456. The van der Waals surface area contributed by atoms with E-state index in [2.05, 4.69) is 18.7 Å². The molecule has 16 heavy (non-hydrogen) atoms. The molecule has 0 amide bonds. The summed E-state index contributed by atoms with van der Waals surface area (Å²) in [6.45, 7) is 7.13. The van der Waals surface area contributed by atoms with Gasteiger partial charge in [-0.05, 0) is 37.6 Å². The first-order valence-corrected chi connectivity index (χ1v) is 7.10. The van der Waals surface area contributed by atoms with Crippen molar-refractivity contribution < 1.29 is 5.11 Å². The van der Waals surface area contributed by atoms with Crippen LogP contribution in [0.5, 0.6) is 0 Å². The van der Waals surface area contributed by atoms with Gasteiger partial charge in [-0.2, -0.15) is 0 Å². The Morgan fingerprint density at radius 3 is 2.44 bits per heavy atom. The highest BCUT2D eigenvalue weighted by Gasteiger charge is 2.32. The van der Waals surface area contributed by atoms with Crippen molar-refractivity contribution in [1.29, 1.82) is 0 Å². The lowest BCUT2D eigenvalue weighted by Gasteiger charge is -2.41. The smallest absolute Gasteiger partial charge is 0.0695 e. The number of aliphatic hydroxyl groups is 1. The van der Waals surface area contributed by atoms with Gasteiger partial charge < -0.3 is 5.11 Å². The SMILES string of the molecule is CC1CCN(C2CCCCCC2O)CC1C. The maximum absolute atomic E-state index is 10.2. The summed E-state index contributed by atoms with van der Waals surface area (Å²) >= 11 is 0. The van der Waals surface area contributed by atoms with Gasteiger partial charge in [-0.25, -0.2) is 0 Å². The van der Waals surface area contributed by atoms with Crippen LogP contribution in [-0.4, -0.2) is 35.2 Å². The van der Waals surface area contributed by atoms with Gasteiger partial charge in [-0.3, -0.25) is 4.90 Å². The van der Waals surface area contributed by atoms with E-state index in [0.717, 1.165) is 18.3 Å². The fourth-order valence-corrected chi connectivity index (χ4v) is 3.29. The average molecular weight is 225 g/mol. The van der Waals surface area contributed by atoms with Gasteiger partial charge in [0.15, 0.2) is 0 Å². The number of hydrogen-bond acceptors (Lipinski definition) is 2. The van der Waals surface area contributed by atoms with Gasteiger partial charge >= 0.3 is 0 Å². The van der Waals surface area contributed by atoms with E-state index >= 15 is 0 Å². The quantitative estimate of drug-likeness (QED) is 0.694. The molecule has 2 fully saturated rings. The largest absolute Gasteiger partial charge is 0.391 e. The van der Waals surface area contributed by atoms with Crippen molar-refractivity contribution >= 4 is 0 Å². The molecule has 1 aliphatic heterocycles. The zero-order valence-electron chi connectivity index (χ0n) is 10.9. The van der Waals surface area contributed by atoms with E-state index in [4.69, 9.17) is 0 Å². The summed E-state index contributed by atoms with van der Waals surface area (Å²) in [5.74, 6) is 1.66. The van der Waals surface area contributed by atoms with Crippen LogP contribution in [0.25, 0.3) is 0 Å². The van der Waals surface area contributed by atoms with Crippen molar-refractivity contribution in [2.45, 2.75) is 64.5 Å². The minimum absolute atomic E-state index is 0.0666. The summed E-state index contributed by atoms with van der Waals surface area (Å²) in [7, 11) is 0. The van der Waals surface area contributed by atoms with E-state index in [1.807, 2.05) is 0 Å². The van der Waals surface area contributed by atoms with Crippen LogP contribution in [0.2, 0.25) is 0 Å². The van der Waals surface area contributed by atoms with E-state index in [1.54, 1.807) is 0 Å². The van der Waals surface area contributed by atoms with Crippen molar-refractivity contribution in [2.75, 3.05) is 13.1 Å². The Morgan fingerprint density at radius 1 is 0.938 bits per heavy atom. The molecule has 0 aromatic heterocycles. The number of hydrogen-bond donors (Lipinski definition) is 1. The van der Waals surface area contributed by atoms with E-state index in [1.165, 1.54) is 45.2 Å². The molecule has 0 radical (unpaired) electrons. The second-order valence-corrected chi connectivity index (χ2v) is 6.01. The molecule has 2 aliphatic rings. The second kappa shape index (κ2) is 5.50. The van der Waals surface area contributed by atoms with E-state index in [9.17, 15) is 5.11 Å². The predicted octanol–water partition coefficient (Wildman–Crippen LogP) is 2.66. The molecule has 2 heteroatoms. The van der Waals surface area contributed by atoms with E-state index < -0.39 is 0 Å². The molecule has 0 aromatic carbocycles. The van der Waals surface area contributed by atoms with Crippen LogP contribution in [0, 0.1) is 11.8 Å². The minimum atomic E-state index is -0.0666. The van der Waals surface area contributed by atoms with Gasteiger partial charge in [0, 0.05) is 12.6 Å². The van der Waals surface area contributed by atoms with Gasteiger partial charge in [0.05, 0.1) is 6.10 Å². The summed E-state index contributed by atoms with van der Waals surface area (Å²) in [6.07, 6.45) is 7.31. The fraction of sp³-hybridized carbons (Fsp3) is 1.00. The Labute approximate surface area is 100 Å². The zero-order chi connectivity index (χ0) is 11.5. The van der Waals surface area contributed by atoms with Crippen molar-refractivity contribution in [3.63, 3.8) is 0 Å². The van der Waals surface area contributed by atoms with Gasteiger partial charge in [0.25, 0.3) is 0 Å². The topological polar surface area (TPSA) is 23.5 Å². The molecule has 0 aromatic rings. The molecule has 0 spiro atoms. The normalized spacial score (nSPS) is 42.9. The number of rotatable bonds is 1. The van der Waals surface area contributed by atoms with E-state index in [-0.39, 0.29) is 6.10 Å². The lowest BCUT2D eigenvalue weighted by atomic mass is 9.87. The van der Waals surface area contributed by atoms with Gasteiger partial charge in [-0.1, -0.05) is 33.1 Å². The maximum Gasteiger partial charge on any atom is 0.0695 e. The Morgan fingerprint density at radius 2 is 1.69 bits per heavy atom. The van der Waals surface area contributed by atoms with Crippen LogP contribution in [-0.2, 0) is 0 Å². The van der Waals surface area contributed by atoms with Gasteiger partial charge in [0.1, 0.15) is 0 Å². The maximum atomic E-state index is 10.2. The highest BCUT2D eigenvalue weighted by Crippen LogP contribution is 2.29. The summed E-state index contributed by atoms with van der Waals surface area (Å²) in [5, 5.41) is 10.2. The molecule has 1 heterocycles. The summed E-state index contributed by atoms with van der Waals surface area (Å²) in [4.78, 5) is 2.57. The standard InChI is InChI=1S/C14H27NO/c1-11-8-9-15(10-12(11)2)13-6-4-3-5-7-14(13)16/h11-14,16H,3-10H2,1-2H3. The molecule has 4 atom stereocenters. The molecule has 4 unspecified atom stereocenters. The van der Waals surface area contributed by atoms with Crippen LogP contribution in [0.1, 0.15) is 52.4 Å². The Hall–Kier alpha value is -0.0800. The zero-order valence-corrected chi connectivity index (χ0v) is 10.9.